The number of hydrogen-bond acceptors (Lipinski definition) is 6. The fourth-order valence-electron chi connectivity index (χ4n) is 4.84. The highest BCUT2D eigenvalue weighted by Gasteiger charge is 2.46. The molecule has 1 saturated carbocycles. The van der Waals surface area contributed by atoms with Gasteiger partial charge in [0.1, 0.15) is 18.1 Å². The smallest absolute Gasteiger partial charge is 0.276 e. The molecule has 2 aromatic heterocycles. The van der Waals surface area contributed by atoms with E-state index in [0.29, 0.717) is 29.6 Å². The molecule has 202 valence electrons. The van der Waals surface area contributed by atoms with Crippen LogP contribution < -0.4 is 20.3 Å². The Bertz CT molecular complexity index is 1760. The molecule has 6 rings (SSSR count). The molecule has 0 aliphatic heterocycles. The van der Waals surface area contributed by atoms with E-state index >= 15 is 0 Å². The molecule has 0 spiro atoms. The minimum Gasteiger partial charge on any atom is -0.496 e. The number of ether oxygens (including phenoxy) is 2. The molecular formula is C30H26ClN5O4. The number of amides is 1. The summed E-state index contributed by atoms with van der Waals surface area (Å²) in [4.78, 5) is 33.6. The van der Waals surface area contributed by atoms with Gasteiger partial charge in [0.05, 0.1) is 23.4 Å². The van der Waals surface area contributed by atoms with Gasteiger partial charge in [0.2, 0.25) is 5.78 Å². The van der Waals surface area contributed by atoms with Crippen molar-refractivity contribution in [2.75, 3.05) is 13.7 Å². The van der Waals surface area contributed by atoms with Crippen molar-refractivity contribution in [1.82, 2.24) is 24.9 Å². The van der Waals surface area contributed by atoms with Crippen LogP contribution in [-0.4, -0.2) is 39.1 Å². The molecule has 9 nitrogen and oxygen atoms in total. The van der Waals surface area contributed by atoms with Gasteiger partial charge in [0, 0.05) is 29.2 Å². The van der Waals surface area contributed by atoms with Gasteiger partial charge >= 0.3 is 0 Å². The molecule has 0 atom stereocenters. The van der Waals surface area contributed by atoms with E-state index in [-0.39, 0.29) is 34.1 Å². The van der Waals surface area contributed by atoms with Gasteiger partial charge in [0.25, 0.3) is 11.5 Å². The van der Waals surface area contributed by atoms with Gasteiger partial charge in [-0.1, -0.05) is 66.2 Å². The van der Waals surface area contributed by atoms with Gasteiger partial charge in [-0.05, 0) is 31.0 Å². The fraction of sp³-hybridized carbons (Fsp3) is 0.200. The van der Waals surface area contributed by atoms with Crippen molar-refractivity contribution >= 4 is 23.3 Å². The van der Waals surface area contributed by atoms with Crippen molar-refractivity contribution in [3.05, 3.63) is 111 Å². The summed E-state index contributed by atoms with van der Waals surface area (Å²) >= 11 is 6.46. The zero-order valence-corrected chi connectivity index (χ0v) is 22.4. The Morgan fingerprint density at radius 2 is 1.80 bits per heavy atom. The number of hydrogen-bond donors (Lipinski definition) is 2. The second-order valence-corrected chi connectivity index (χ2v) is 10.1. The number of methoxy groups -OCH3 is 1. The van der Waals surface area contributed by atoms with Crippen LogP contribution in [-0.2, 0) is 12.0 Å². The Morgan fingerprint density at radius 1 is 1.05 bits per heavy atom. The standard InChI is InChI=1S/C30H26ClN5O4/c1-39-23-12-6-5-10-21(23)30(14-15-30)18-32-28(38)26-22(31)11-7-13-24(26)40-17-20-16-25(37)36-29(33-20)34-27(35-36)19-8-3-2-4-9-19/h2-13,16H,14-15,17-18H2,1H3,(H,32,38)(H,33,34,35). The number of benzene rings is 3. The Hall–Kier alpha value is -4.63. The molecule has 2 N–H and O–H groups in total. The topological polar surface area (TPSA) is 111 Å². The van der Waals surface area contributed by atoms with E-state index < -0.39 is 0 Å². The molecule has 0 unspecified atom stereocenters. The second kappa shape index (κ2) is 10.5. The molecular weight excluding hydrogens is 530 g/mol. The predicted octanol–water partition coefficient (Wildman–Crippen LogP) is 4.79. The summed E-state index contributed by atoms with van der Waals surface area (Å²) < 4.78 is 12.7. The highest BCUT2D eigenvalue weighted by Crippen LogP contribution is 2.50. The van der Waals surface area contributed by atoms with E-state index in [9.17, 15) is 9.59 Å². The minimum atomic E-state index is -0.350. The normalized spacial score (nSPS) is 13.7. The lowest BCUT2D eigenvalue weighted by Gasteiger charge is -2.20. The van der Waals surface area contributed by atoms with Crippen molar-refractivity contribution in [1.29, 1.82) is 0 Å². The summed E-state index contributed by atoms with van der Waals surface area (Å²) in [6, 6.07) is 23.7. The third-order valence-electron chi connectivity index (χ3n) is 7.12. The average molecular weight is 556 g/mol. The first kappa shape index (κ1) is 25.6. The molecule has 0 bridgehead atoms. The lowest BCUT2D eigenvalue weighted by Crippen LogP contribution is -2.33. The third kappa shape index (κ3) is 4.91. The number of nitrogens with one attached hydrogen (secondary N) is 2. The zero-order valence-electron chi connectivity index (χ0n) is 21.7. The van der Waals surface area contributed by atoms with Crippen molar-refractivity contribution < 1.29 is 14.3 Å². The first-order valence-electron chi connectivity index (χ1n) is 12.8. The number of halogens is 1. The fourth-order valence-corrected chi connectivity index (χ4v) is 5.09. The number of nitrogens with zero attached hydrogens (tertiary/aromatic N) is 3. The molecule has 0 saturated heterocycles. The van der Waals surface area contributed by atoms with Crippen LogP contribution in [0.15, 0.2) is 83.7 Å². The van der Waals surface area contributed by atoms with E-state index in [0.717, 1.165) is 29.7 Å². The van der Waals surface area contributed by atoms with Gasteiger partial charge in [-0.25, -0.2) is 0 Å². The predicted molar refractivity (Wildman–Crippen MR) is 151 cm³/mol. The quantitative estimate of drug-likeness (QED) is 0.271. The van der Waals surface area contributed by atoms with Crippen molar-refractivity contribution in [2.24, 2.45) is 0 Å². The van der Waals surface area contributed by atoms with Crippen LogP contribution in [0.4, 0.5) is 0 Å². The highest BCUT2D eigenvalue weighted by molar-refractivity contribution is 6.34. The molecule has 2 heterocycles. The molecule has 40 heavy (non-hydrogen) atoms. The number of para-hydroxylation sites is 1. The number of carbonyl (C=O) groups is 1. The van der Waals surface area contributed by atoms with Crippen LogP contribution in [0.5, 0.6) is 11.5 Å². The van der Waals surface area contributed by atoms with E-state index in [4.69, 9.17) is 21.1 Å². The SMILES string of the molecule is COc1ccccc1C1(CNC(=O)c2c(Cl)cccc2OCc2cc(=O)n3nc(-c4ccccc4)nc3[nH]2)CC1. The highest BCUT2D eigenvalue weighted by atomic mass is 35.5. The largest absolute Gasteiger partial charge is 0.496 e. The molecule has 0 radical (unpaired) electrons. The number of fused-ring (bicyclic) bond motifs is 1. The summed E-state index contributed by atoms with van der Waals surface area (Å²) in [7, 11) is 1.65. The summed E-state index contributed by atoms with van der Waals surface area (Å²) in [5.41, 5.74) is 2.07. The van der Waals surface area contributed by atoms with Gasteiger partial charge in [0.15, 0.2) is 5.82 Å². The first-order chi connectivity index (χ1) is 19.5. The summed E-state index contributed by atoms with van der Waals surface area (Å²) in [6.07, 6.45) is 1.90. The maximum atomic E-state index is 13.3. The summed E-state index contributed by atoms with van der Waals surface area (Å²) in [6.45, 7) is 0.433. The van der Waals surface area contributed by atoms with E-state index in [1.54, 1.807) is 25.3 Å². The monoisotopic (exact) mass is 555 g/mol. The Labute approximate surface area is 234 Å². The van der Waals surface area contributed by atoms with Gasteiger partial charge in [-0.15, -0.1) is 5.10 Å². The van der Waals surface area contributed by atoms with Gasteiger partial charge < -0.3 is 19.8 Å². The van der Waals surface area contributed by atoms with Gasteiger partial charge in [-0.3, -0.25) is 9.59 Å². The van der Waals surface area contributed by atoms with Crippen molar-refractivity contribution in [2.45, 2.75) is 24.9 Å². The number of H-pyrrole nitrogens is 1. The number of aromatic nitrogens is 4. The number of carbonyl (C=O) groups excluding carboxylic acids is 1. The van der Waals surface area contributed by atoms with E-state index in [1.165, 1.54) is 10.6 Å². The second-order valence-electron chi connectivity index (χ2n) is 9.73. The third-order valence-corrected chi connectivity index (χ3v) is 7.44. The van der Waals surface area contributed by atoms with Crippen molar-refractivity contribution in [3.63, 3.8) is 0 Å². The van der Waals surface area contributed by atoms with Crippen LogP contribution in [0, 0.1) is 0 Å². The molecule has 3 aromatic carbocycles. The molecule has 10 heteroatoms. The lowest BCUT2D eigenvalue weighted by atomic mass is 9.94. The van der Waals surface area contributed by atoms with Crippen LogP contribution in [0.1, 0.15) is 34.5 Å². The number of aromatic amines is 1. The Balaban J connectivity index is 1.19. The van der Waals surface area contributed by atoms with Crippen LogP contribution in [0.3, 0.4) is 0 Å². The molecule has 1 aliphatic rings. The number of rotatable bonds is 9. The Morgan fingerprint density at radius 3 is 2.58 bits per heavy atom. The summed E-state index contributed by atoms with van der Waals surface area (Å²) in [5, 5.41) is 7.63. The molecule has 1 aliphatic carbocycles. The Kier molecular flexibility index (Phi) is 6.73. The zero-order chi connectivity index (χ0) is 27.7. The molecule has 1 amide bonds. The summed E-state index contributed by atoms with van der Waals surface area (Å²) in [5.74, 6) is 1.50. The van der Waals surface area contributed by atoms with Crippen LogP contribution in [0.25, 0.3) is 17.2 Å². The first-order valence-corrected chi connectivity index (χ1v) is 13.2. The molecule has 5 aromatic rings. The maximum Gasteiger partial charge on any atom is 0.276 e. The van der Waals surface area contributed by atoms with Crippen LogP contribution in [0.2, 0.25) is 5.02 Å². The molecule has 1 fully saturated rings. The van der Waals surface area contributed by atoms with Crippen molar-refractivity contribution in [3.8, 4) is 22.9 Å². The minimum absolute atomic E-state index is 0.00888. The van der Waals surface area contributed by atoms with Crippen LogP contribution >= 0.6 is 11.6 Å². The average Bonchev–Trinajstić information content (AvgIpc) is 3.65. The van der Waals surface area contributed by atoms with Gasteiger partial charge in [-0.2, -0.15) is 9.50 Å². The lowest BCUT2D eigenvalue weighted by molar-refractivity contribution is 0.0945. The maximum absolute atomic E-state index is 13.3. The van der Waals surface area contributed by atoms with E-state index in [1.807, 2.05) is 54.6 Å². The van der Waals surface area contributed by atoms with E-state index in [2.05, 4.69) is 20.4 Å².